The second-order valence-corrected chi connectivity index (χ2v) is 3.14. The van der Waals surface area contributed by atoms with Crippen molar-refractivity contribution in [3.05, 3.63) is 23.9 Å². The maximum atomic E-state index is 11.0. The Morgan fingerprint density at radius 2 is 2.25 bits per heavy atom. The van der Waals surface area contributed by atoms with Crippen molar-refractivity contribution in [2.75, 3.05) is 5.32 Å². The van der Waals surface area contributed by atoms with Crippen molar-refractivity contribution in [3.63, 3.8) is 0 Å². The number of carboxylic acid groups (broad SMARTS) is 1. The molecule has 2 rings (SSSR count). The number of carboxylic acids is 1. The second kappa shape index (κ2) is 3.65. The smallest absolute Gasteiger partial charge is 0.343 e. The number of pyridine rings is 1. The summed E-state index contributed by atoms with van der Waals surface area (Å²) in [5, 5.41) is 11.3. The van der Waals surface area contributed by atoms with Gasteiger partial charge in [0.15, 0.2) is 5.58 Å². The van der Waals surface area contributed by atoms with Gasteiger partial charge in [0.25, 0.3) is 0 Å². The van der Waals surface area contributed by atoms with E-state index in [4.69, 9.17) is 9.52 Å². The molecular weight excluding hydrogens is 212 g/mol. The van der Waals surface area contributed by atoms with E-state index in [2.05, 4.69) is 10.3 Å². The number of aromatic nitrogens is 1. The van der Waals surface area contributed by atoms with Gasteiger partial charge in [-0.3, -0.25) is 15.1 Å². The Morgan fingerprint density at radius 1 is 1.50 bits per heavy atom. The van der Waals surface area contributed by atoms with Crippen molar-refractivity contribution in [3.8, 4) is 0 Å². The van der Waals surface area contributed by atoms with Crippen LogP contribution in [-0.4, -0.2) is 22.0 Å². The zero-order chi connectivity index (χ0) is 11.7. The van der Waals surface area contributed by atoms with Gasteiger partial charge in [-0.25, -0.2) is 4.79 Å². The summed E-state index contributed by atoms with van der Waals surface area (Å²) in [5.41, 5.74) is 0.410. The lowest BCUT2D eigenvalue weighted by atomic mass is 10.2. The minimum absolute atomic E-state index is 0.0892. The molecule has 0 aliphatic rings. The van der Waals surface area contributed by atoms with Crippen LogP contribution in [0.1, 0.15) is 17.3 Å². The standard InChI is InChI=1S/C10H8N2O4/c1-5(13)12-9-7(10(14)15)8-6(16-9)3-2-4-11-8/h2-4H,1H3,(H,12,13)(H,14,15). The van der Waals surface area contributed by atoms with Gasteiger partial charge in [-0.05, 0) is 12.1 Å². The lowest BCUT2D eigenvalue weighted by Crippen LogP contribution is -2.09. The van der Waals surface area contributed by atoms with Crippen LogP contribution < -0.4 is 5.32 Å². The predicted molar refractivity (Wildman–Crippen MR) is 55.3 cm³/mol. The van der Waals surface area contributed by atoms with Gasteiger partial charge in [-0.15, -0.1) is 0 Å². The first-order valence-corrected chi connectivity index (χ1v) is 4.48. The highest BCUT2D eigenvalue weighted by atomic mass is 16.4. The van der Waals surface area contributed by atoms with E-state index in [9.17, 15) is 9.59 Å². The number of rotatable bonds is 2. The molecule has 0 radical (unpaired) electrons. The van der Waals surface area contributed by atoms with E-state index in [0.29, 0.717) is 5.58 Å². The second-order valence-electron chi connectivity index (χ2n) is 3.14. The molecule has 2 aromatic rings. The number of amides is 1. The van der Waals surface area contributed by atoms with Gasteiger partial charge in [-0.1, -0.05) is 0 Å². The lowest BCUT2D eigenvalue weighted by Gasteiger charge is -1.97. The van der Waals surface area contributed by atoms with Crippen molar-refractivity contribution in [2.24, 2.45) is 0 Å². The number of carbonyl (C=O) groups is 2. The number of hydrogen-bond acceptors (Lipinski definition) is 4. The first-order valence-electron chi connectivity index (χ1n) is 4.48. The van der Waals surface area contributed by atoms with Gasteiger partial charge in [0.1, 0.15) is 11.1 Å². The number of anilines is 1. The zero-order valence-corrected chi connectivity index (χ0v) is 8.35. The molecule has 0 bridgehead atoms. The van der Waals surface area contributed by atoms with Crippen molar-refractivity contribution in [2.45, 2.75) is 6.92 Å². The van der Waals surface area contributed by atoms with Gasteiger partial charge < -0.3 is 9.52 Å². The van der Waals surface area contributed by atoms with E-state index < -0.39 is 11.9 Å². The number of fused-ring (bicyclic) bond motifs is 1. The number of nitrogens with zero attached hydrogens (tertiary/aromatic N) is 1. The van der Waals surface area contributed by atoms with Crippen LogP contribution in [0.3, 0.4) is 0 Å². The largest absolute Gasteiger partial charge is 0.477 e. The van der Waals surface area contributed by atoms with Crippen LogP contribution in [0.5, 0.6) is 0 Å². The number of furan rings is 1. The molecule has 0 aliphatic heterocycles. The van der Waals surface area contributed by atoms with E-state index in [-0.39, 0.29) is 17.0 Å². The highest BCUT2D eigenvalue weighted by Crippen LogP contribution is 2.28. The van der Waals surface area contributed by atoms with Gasteiger partial charge in [0.2, 0.25) is 11.8 Å². The lowest BCUT2D eigenvalue weighted by molar-refractivity contribution is -0.114. The molecule has 6 heteroatoms. The Balaban J connectivity index is 2.68. The minimum Gasteiger partial charge on any atom is -0.477 e. The summed E-state index contributed by atoms with van der Waals surface area (Å²) in [6.45, 7) is 1.27. The first-order chi connectivity index (χ1) is 7.59. The fourth-order valence-electron chi connectivity index (χ4n) is 1.38. The molecule has 0 unspecified atom stereocenters. The minimum atomic E-state index is -1.19. The van der Waals surface area contributed by atoms with E-state index in [0.717, 1.165) is 0 Å². The quantitative estimate of drug-likeness (QED) is 0.799. The van der Waals surface area contributed by atoms with Gasteiger partial charge in [0.05, 0.1) is 0 Å². The maximum absolute atomic E-state index is 11.0. The number of nitrogens with one attached hydrogen (secondary N) is 1. The Labute approximate surface area is 89.9 Å². The van der Waals surface area contributed by atoms with Crippen molar-refractivity contribution in [1.29, 1.82) is 0 Å². The third kappa shape index (κ3) is 1.60. The van der Waals surface area contributed by atoms with E-state index in [1.165, 1.54) is 13.1 Å². The Kier molecular flexibility index (Phi) is 2.32. The summed E-state index contributed by atoms with van der Waals surface area (Å²) in [7, 11) is 0. The molecule has 2 aromatic heterocycles. The molecule has 0 atom stereocenters. The van der Waals surface area contributed by atoms with Gasteiger partial charge >= 0.3 is 5.97 Å². The molecule has 2 N–H and O–H groups in total. The van der Waals surface area contributed by atoms with Gasteiger partial charge in [0, 0.05) is 13.1 Å². The van der Waals surface area contributed by atoms with Crippen LogP contribution in [0, 0.1) is 0 Å². The monoisotopic (exact) mass is 220 g/mol. The van der Waals surface area contributed by atoms with Crippen LogP contribution in [0.2, 0.25) is 0 Å². The normalized spacial score (nSPS) is 10.3. The van der Waals surface area contributed by atoms with Gasteiger partial charge in [-0.2, -0.15) is 0 Å². The van der Waals surface area contributed by atoms with Crippen LogP contribution in [0.25, 0.3) is 11.1 Å². The Bertz CT molecular complexity index is 573. The summed E-state index contributed by atoms with van der Waals surface area (Å²) < 4.78 is 5.20. The molecule has 0 saturated heterocycles. The Morgan fingerprint density at radius 3 is 2.88 bits per heavy atom. The molecule has 0 saturated carbocycles. The number of aromatic carboxylic acids is 1. The summed E-state index contributed by atoms with van der Waals surface area (Å²) in [6, 6.07) is 3.20. The average molecular weight is 220 g/mol. The summed E-state index contributed by atoms with van der Waals surface area (Å²) >= 11 is 0. The van der Waals surface area contributed by atoms with Crippen molar-refractivity contribution < 1.29 is 19.1 Å². The highest BCUT2D eigenvalue weighted by Gasteiger charge is 2.21. The molecule has 0 aromatic carbocycles. The van der Waals surface area contributed by atoms with Crippen LogP contribution in [-0.2, 0) is 4.79 Å². The molecule has 6 nitrogen and oxygen atoms in total. The average Bonchev–Trinajstić information content (AvgIpc) is 2.53. The molecule has 0 spiro atoms. The summed E-state index contributed by atoms with van der Waals surface area (Å²) in [5.74, 6) is -1.68. The fraction of sp³-hybridized carbons (Fsp3) is 0.100. The van der Waals surface area contributed by atoms with Crippen molar-refractivity contribution >= 4 is 28.9 Å². The molecule has 82 valence electrons. The SMILES string of the molecule is CC(=O)Nc1oc2cccnc2c1C(=O)O. The van der Waals surface area contributed by atoms with Crippen LogP contribution in [0.15, 0.2) is 22.7 Å². The van der Waals surface area contributed by atoms with Crippen LogP contribution in [0.4, 0.5) is 5.88 Å². The fourth-order valence-corrected chi connectivity index (χ4v) is 1.38. The maximum Gasteiger partial charge on any atom is 0.343 e. The summed E-state index contributed by atoms with van der Waals surface area (Å²) in [6.07, 6.45) is 1.46. The molecular formula is C10H8N2O4. The molecule has 0 fully saturated rings. The zero-order valence-electron chi connectivity index (χ0n) is 8.35. The van der Waals surface area contributed by atoms with E-state index in [1.807, 2.05) is 0 Å². The topological polar surface area (TPSA) is 92.4 Å². The summed E-state index contributed by atoms with van der Waals surface area (Å²) in [4.78, 5) is 25.8. The molecule has 16 heavy (non-hydrogen) atoms. The molecule has 1 amide bonds. The first kappa shape index (κ1) is 10.2. The number of hydrogen-bond donors (Lipinski definition) is 2. The third-order valence-electron chi connectivity index (χ3n) is 1.95. The Hall–Kier alpha value is -2.37. The van der Waals surface area contributed by atoms with Crippen LogP contribution >= 0.6 is 0 Å². The van der Waals surface area contributed by atoms with Crippen molar-refractivity contribution in [1.82, 2.24) is 4.98 Å². The number of carbonyl (C=O) groups excluding carboxylic acids is 1. The van der Waals surface area contributed by atoms with E-state index in [1.54, 1.807) is 12.1 Å². The third-order valence-corrected chi connectivity index (χ3v) is 1.95. The molecule has 2 heterocycles. The molecule has 0 aliphatic carbocycles. The van der Waals surface area contributed by atoms with E-state index >= 15 is 0 Å². The highest BCUT2D eigenvalue weighted by molar-refractivity contribution is 6.07. The predicted octanol–water partition coefficient (Wildman–Crippen LogP) is 1.48.